The Hall–Kier alpha value is -1.30. The minimum absolute atomic E-state index is 0.0160. The van der Waals surface area contributed by atoms with Gasteiger partial charge in [-0.15, -0.1) is 0 Å². The van der Waals surface area contributed by atoms with E-state index in [4.69, 9.17) is 10.2 Å². The topological polar surface area (TPSA) is 89.9 Å². The summed E-state index contributed by atoms with van der Waals surface area (Å²) in [5.74, 6) is -0.797. The zero-order chi connectivity index (χ0) is 15.1. The number of aliphatic hydroxyl groups is 1. The fourth-order valence-electron chi connectivity index (χ4n) is 2.64. The zero-order valence-electron chi connectivity index (χ0n) is 12.3. The summed E-state index contributed by atoms with van der Waals surface area (Å²) in [5, 5.41) is 20.8. The molecule has 0 spiro atoms. The summed E-state index contributed by atoms with van der Waals surface area (Å²) in [4.78, 5) is 25.1. The predicted octanol–water partition coefficient (Wildman–Crippen LogP) is 1.43. The SMILES string of the molecule is CC(C)CC(NC(=O)N1CCCCC1CCO)C(=O)O. The van der Waals surface area contributed by atoms with Gasteiger partial charge < -0.3 is 20.4 Å². The molecule has 6 nitrogen and oxygen atoms in total. The molecule has 0 bridgehead atoms. The minimum Gasteiger partial charge on any atom is -0.480 e. The number of nitrogens with zero attached hydrogens (tertiary/aromatic N) is 1. The highest BCUT2D eigenvalue weighted by Gasteiger charge is 2.29. The molecule has 0 aromatic heterocycles. The van der Waals surface area contributed by atoms with Gasteiger partial charge in [-0.1, -0.05) is 13.8 Å². The van der Waals surface area contributed by atoms with E-state index >= 15 is 0 Å². The van der Waals surface area contributed by atoms with Crippen LogP contribution in [-0.2, 0) is 4.79 Å². The second-order valence-corrected chi connectivity index (χ2v) is 5.83. The van der Waals surface area contributed by atoms with Gasteiger partial charge in [0.15, 0.2) is 0 Å². The maximum Gasteiger partial charge on any atom is 0.326 e. The van der Waals surface area contributed by atoms with E-state index in [9.17, 15) is 9.59 Å². The number of piperidine rings is 1. The van der Waals surface area contributed by atoms with Crippen molar-refractivity contribution in [1.82, 2.24) is 10.2 Å². The van der Waals surface area contributed by atoms with Gasteiger partial charge >= 0.3 is 12.0 Å². The van der Waals surface area contributed by atoms with Crippen LogP contribution >= 0.6 is 0 Å². The fourth-order valence-corrected chi connectivity index (χ4v) is 2.64. The monoisotopic (exact) mass is 286 g/mol. The van der Waals surface area contributed by atoms with Gasteiger partial charge in [-0.05, 0) is 38.0 Å². The number of urea groups is 1. The van der Waals surface area contributed by atoms with Gasteiger partial charge in [-0.3, -0.25) is 0 Å². The average molecular weight is 286 g/mol. The number of carbonyl (C=O) groups excluding carboxylic acids is 1. The summed E-state index contributed by atoms with van der Waals surface area (Å²) < 4.78 is 0. The molecule has 0 radical (unpaired) electrons. The first-order chi connectivity index (χ1) is 9.45. The van der Waals surface area contributed by atoms with Gasteiger partial charge in [0.2, 0.25) is 0 Å². The van der Waals surface area contributed by atoms with Crippen molar-refractivity contribution in [3.05, 3.63) is 0 Å². The molecule has 1 fully saturated rings. The lowest BCUT2D eigenvalue weighted by atomic mass is 10.00. The van der Waals surface area contributed by atoms with Crippen LogP contribution in [0.2, 0.25) is 0 Å². The quantitative estimate of drug-likeness (QED) is 0.689. The number of aliphatic hydroxyl groups excluding tert-OH is 1. The van der Waals surface area contributed by atoms with Crippen molar-refractivity contribution in [2.24, 2.45) is 5.92 Å². The number of carboxylic acids is 1. The van der Waals surface area contributed by atoms with Crippen molar-refractivity contribution in [2.75, 3.05) is 13.2 Å². The first-order valence-corrected chi connectivity index (χ1v) is 7.36. The van der Waals surface area contributed by atoms with E-state index in [1.54, 1.807) is 4.90 Å². The lowest BCUT2D eigenvalue weighted by Crippen LogP contribution is -2.53. The molecule has 2 unspecified atom stereocenters. The van der Waals surface area contributed by atoms with Crippen LogP contribution in [0.15, 0.2) is 0 Å². The smallest absolute Gasteiger partial charge is 0.326 e. The molecule has 1 heterocycles. The molecule has 3 N–H and O–H groups in total. The van der Waals surface area contributed by atoms with Crippen LogP contribution in [0, 0.1) is 5.92 Å². The Morgan fingerprint density at radius 3 is 2.60 bits per heavy atom. The highest BCUT2D eigenvalue weighted by Crippen LogP contribution is 2.19. The van der Waals surface area contributed by atoms with E-state index in [1.807, 2.05) is 13.8 Å². The molecule has 2 atom stereocenters. The largest absolute Gasteiger partial charge is 0.480 e. The van der Waals surface area contributed by atoms with Crippen LogP contribution in [-0.4, -0.2) is 52.3 Å². The molecule has 0 aromatic carbocycles. The van der Waals surface area contributed by atoms with Crippen molar-refractivity contribution in [3.8, 4) is 0 Å². The molecular formula is C14H26N2O4. The second-order valence-electron chi connectivity index (χ2n) is 5.83. The first kappa shape index (κ1) is 16.8. The molecule has 0 saturated carbocycles. The van der Waals surface area contributed by atoms with Crippen molar-refractivity contribution < 1.29 is 19.8 Å². The highest BCUT2D eigenvalue weighted by molar-refractivity contribution is 5.82. The molecule has 0 aromatic rings. The van der Waals surface area contributed by atoms with E-state index in [0.717, 1.165) is 19.3 Å². The van der Waals surface area contributed by atoms with Crippen LogP contribution in [0.25, 0.3) is 0 Å². The van der Waals surface area contributed by atoms with Crippen molar-refractivity contribution >= 4 is 12.0 Å². The Kier molecular flexibility index (Phi) is 6.78. The van der Waals surface area contributed by atoms with Gasteiger partial charge in [-0.25, -0.2) is 9.59 Å². The lowest BCUT2D eigenvalue weighted by Gasteiger charge is -2.36. The summed E-state index contributed by atoms with van der Waals surface area (Å²) in [5.41, 5.74) is 0. The maximum absolute atomic E-state index is 12.2. The Bertz CT molecular complexity index is 331. The van der Waals surface area contributed by atoms with Gasteiger partial charge in [0, 0.05) is 19.2 Å². The summed E-state index contributed by atoms with van der Waals surface area (Å²) in [6.07, 6.45) is 3.81. The number of rotatable bonds is 6. The van der Waals surface area contributed by atoms with Gasteiger partial charge in [0.1, 0.15) is 6.04 Å². The third kappa shape index (κ3) is 5.00. The maximum atomic E-state index is 12.2. The fraction of sp³-hybridized carbons (Fsp3) is 0.857. The highest BCUT2D eigenvalue weighted by atomic mass is 16.4. The van der Waals surface area contributed by atoms with E-state index in [2.05, 4.69) is 5.32 Å². The first-order valence-electron chi connectivity index (χ1n) is 7.36. The summed E-state index contributed by atoms with van der Waals surface area (Å²) in [7, 11) is 0. The summed E-state index contributed by atoms with van der Waals surface area (Å²) in [6.45, 7) is 4.53. The summed E-state index contributed by atoms with van der Waals surface area (Å²) >= 11 is 0. The number of carboxylic acid groups (broad SMARTS) is 1. The van der Waals surface area contributed by atoms with Crippen LogP contribution in [0.1, 0.15) is 46.0 Å². The Labute approximate surface area is 120 Å². The molecule has 1 aliphatic heterocycles. The molecule has 6 heteroatoms. The molecule has 2 amide bonds. The Morgan fingerprint density at radius 2 is 2.05 bits per heavy atom. The van der Waals surface area contributed by atoms with Crippen LogP contribution in [0.4, 0.5) is 4.79 Å². The number of carbonyl (C=O) groups is 2. The number of likely N-dealkylation sites (tertiary alicyclic amines) is 1. The van der Waals surface area contributed by atoms with Gasteiger partial charge in [0.25, 0.3) is 0 Å². The predicted molar refractivity (Wildman–Crippen MR) is 75.5 cm³/mol. The number of amides is 2. The zero-order valence-corrected chi connectivity index (χ0v) is 12.3. The van der Waals surface area contributed by atoms with Gasteiger partial charge in [-0.2, -0.15) is 0 Å². The normalized spacial score (nSPS) is 20.8. The molecule has 1 aliphatic rings. The molecule has 1 rings (SSSR count). The standard InChI is InChI=1S/C14H26N2O4/c1-10(2)9-12(13(18)19)15-14(20)16-7-4-3-5-11(16)6-8-17/h10-12,17H,3-9H2,1-2H3,(H,15,20)(H,18,19). The lowest BCUT2D eigenvalue weighted by molar-refractivity contribution is -0.139. The molecule has 1 saturated heterocycles. The van der Waals surface area contributed by atoms with Gasteiger partial charge in [0.05, 0.1) is 0 Å². The molecule has 0 aliphatic carbocycles. The van der Waals surface area contributed by atoms with E-state index in [1.165, 1.54) is 0 Å². The van der Waals surface area contributed by atoms with Crippen molar-refractivity contribution in [3.63, 3.8) is 0 Å². The Balaban J connectivity index is 2.63. The van der Waals surface area contributed by atoms with E-state index in [0.29, 0.717) is 19.4 Å². The number of aliphatic carboxylic acids is 1. The van der Waals surface area contributed by atoms with Crippen molar-refractivity contribution in [1.29, 1.82) is 0 Å². The average Bonchev–Trinajstić information content (AvgIpc) is 2.38. The second kappa shape index (κ2) is 8.09. The molecule has 20 heavy (non-hydrogen) atoms. The third-order valence-electron chi connectivity index (χ3n) is 3.65. The number of hydrogen-bond donors (Lipinski definition) is 3. The molecular weight excluding hydrogens is 260 g/mol. The van der Waals surface area contributed by atoms with E-state index in [-0.39, 0.29) is 24.6 Å². The molecule has 116 valence electrons. The Morgan fingerprint density at radius 1 is 1.35 bits per heavy atom. The minimum atomic E-state index is -0.997. The van der Waals surface area contributed by atoms with Crippen LogP contribution in [0.5, 0.6) is 0 Å². The number of nitrogens with one attached hydrogen (secondary N) is 1. The van der Waals surface area contributed by atoms with E-state index < -0.39 is 12.0 Å². The third-order valence-corrected chi connectivity index (χ3v) is 3.65. The van der Waals surface area contributed by atoms with Crippen LogP contribution < -0.4 is 5.32 Å². The van der Waals surface area contributed by atoms with Crippen LogP contribution in [0.3, 0.4) is 0 Å². The summed E-state index contributed by atoms with van der Waals surface area (Å²) in [6, 6.07) is -1.15. The van der Waals surface area contributed by atoms with Crippen molar-refractivity contribution in [2.45, 2.75) is 58.0 Å². The number of hydrogen-bond acceptors (Lipinski definition) is 3.